The van der Waals surface area contributed by atoms with E-state index >= 15 is 0 Å². The molecule has 2 heterocycles. The SMILES string of the molecule is Cc1ccc2cccc(OCc3c(Cl)ccc(-n4cccc4C(N)C(=O)/C=C/c4ccc(NS(C)(=O)=O)cc4)c3Cl)c2n1. The number of rotatable bonds is 10. The number of para-hydroxylation sites is 1. The van der Waals surface area contributed by atoms with Gasteiger partial charge in [0, 0.05) is 39.2 Å². The van der Waals surface area contributed by atoms with Crippen molar-refractivity contribution in [3.05, 3.63) is 124 Å². The quantitative estimate of drug-likeness (QED) is 0.162. The van der Waals surface area contributed by atoms with Gasteiger partial charge in [-0.15, -0.1) is 0 Å². The Balaban J connectivity index is 1.35. The number of fused-ring (bicyclic) bond motifs is 1. The predicted octanol–water partition coefficient (Wildman–Crippen LogP) is 6.87. The molecule has 220 valence electrons. The molecule has 0 saturated carbocycles. The molecule has 0 amide bonds. The number of hydrogen-bond acceptors (Lipinski definition) is 6. The second-order valence-electron chi connectivity index (χ2n) is 9.94. The zero-order valence-corrected chi connectivity index (χ0v) is 25.6. The first-order valence-corrected chi connectivity index (χ1v) is 15.8. The monoisotopic (exact) mass is 634 g/mol. The third kappa shape index (κ3) is 7.09. The molecule has 3 N–H and O–H groups in total. The second kappa shape index (κ2) is 12.6. The number of anilines is 1. The predicted molar refractivity (Wildman–Crippen MR) is 172 cm³/mol. The zero-order chi connectivity index (χ0) is 30.7. The van der Waals surface area contributed by atoms with Gasteiger partial charge in [-0.05, 0) is 67.1 Å². The number of carbonyl (C=O) groups is 1. The van der Waals surface area contributed by atoms with Crippen LogP contribution in [0.3, 0.4) is 0 Å². The van der Waals surface area contributed by atoms with Gasteiger partial charge in [0.25, 0.3) is 0 Å². The summed E-state index contributed by atoms with van der Waals surface area (Å²) in [6.45, 7) is 2.02. The highest BCUT2D eigenvalue weighted by Crippen LogP contribution is 2.34. The lowest BCUT2D eigenvalue weighted by Crippen LogP contribution is -2.22. The van der Waals surface area contributed by atoms with E-state index in [0.717, 1.165) is 22.9 Å². The number of sulfonamides is 1. The molecular weight excluding hydrogens is 607 g/mol. The van der Waals surface area contributed by atoms with Crippen molar-refractivity contribution < 1.29 is 17.9 Å². The standard InChI is InChI=1S/C32H28Cl2N4O4S/c1-20-8-12-22-5-3-7-29(32(22)36-20)42-19-24-25(33)15-16-26(30(24)34)38-18-4-6-27(38)31(35)28(39)17-11-21-9-13-23(14-10-21)37-43(2,40)41/h3-18,31,37H,19,35H2,1-2H3/b17-11+. The van der Waals surface area contributed by atoms with Crippen LogP contribution >= 0.6 is 23.2 Å². The van der Waals surface area contributed by atoms with E-state index < -0.39 is 16.1 Å². The first kappa shape index (κ1) is 30.3. The van der Waals surface area contributed by atoms with Crippen molar-refractivity contribution in [1.82, 2.24) is 9.55 Å². The van der Waals surface area contributed by atoms with Crippen LogP contribution in [0.2, 0.25) is 10.0 Å². The van der Waals surface area contributed by atoms with Gasteiger partial charge in [0.05, 0.1) is 17.0 Å². The molecule has 3 aromatic carbocycles. The van der Waals surface area contributed by atoms with Gasteiger partial charge in [-0.3, -0.25) is 9.52 Å². The van der Waals surface area contributed by atoms with Crippen LogP contribution in [-0.2, 0) is 21.4 Å². The van der Waals surface area contributed by atoms with Crippen LogP contribution in [0.25, 0.3) is 22.7 Å². The van der Waals surface area contributed by atoms with Gasteiger partial charge < -0.3 is 15.0 Å². The molecule has 11 heteroatoms. The van der Waals surface area contributed by atoms with E-state index in [1.54, 1.807) is 65.4 Å². The lowest BCUT2D eigenvalue weighted by Gasteiger charge is -2.18. The Bertz CT molecular complexity index is 1950. The van der Waals surface area contributed by atoms with Gasteiger partial charge in [0.15, 0.2) is 5.78 Å². The summed E-state index contributed by atoms with van der Waals surface area (Å²) in [4.78, 5) is 17.7. The minimum absolute atomic E-state index is 0.100. The molecule has 1 atom stereocenters. The number of nitrogens with zero attached hydrogens (tertiary/aromatic N) is 2. The summed E-state index contributed by atoms with van der Waals surface area (Å²) in [6, 6.07) is 22.3. The number of halogens is 2. The minimum atomic E-state index is -3.38. The molecule has 0 aliphatic rings. The number of ether oxygens (including phenoxy) is 1. The van der Waals surface area contributed by atoms with E-state index in [4.69, 9.17) is 33.7 Å². The summed E-state index contributed by atoms with van der Waals surface area (Å²) in [5.74, 6) is 0.284. The molecule has 5 aromatic rings. The molecule has 0 aliphatic heterocycles. The molecule has 5 rings (SSSR count). The smallest absolute Gasteiger partial charge is 0.229 e. The van der Waals surface area contributed by atoms with Crippen molar-refractivity contribution in [3.63, 3.8) is 0 Å². The number of benzene rings is 3. The molecule has 0 radical (unpaired) electrons. The lowest BCUT2D eigenvalue weighted by molar-refractivity contribution is -0.115. The molecule has 43 heavy (non-hydrogen) atoms. The molecule has 2 aromatic heterocycles. The molecule has 0 saturated heterocycles. The van der Waals surface area contributed by atoms with Crippen LogP contribution in [0.4, 0.5) is 5.69 Å². The third-order valence-corrected chi connectivity index (χ3v) is 8.06. The molecule has 0 bridgehead atoms. The fourth-order valence-electron chi connectivity index (χ4n) is 4.56. The van der Waals surface area contributed by atoms with Gasteiger partial charge >= 0.3 is 0 Å². The maximum absolute atomic E-state index is 13.1. The van der Waals surface area contributed by atoms with Gasteiger partial charge in [-0.1, -0.05) is 59.6 Å². The van der Waals surface area contributed by atoms with Gasteiger partial charge in [-0.25, -0.2) is 13.4 Å². The van der Waals surface area contributed by atoms with E-state index in [0.29, 0.717) is 44.0 Å². The zero-order valence-electron chi connectivity index (χ0n) is 23.3. The fraction of sp³-hybridized carbons (Fsp3) is 0.125. The number of hydrogen-bond donors (Lipinski definition) is 2. The maximum Gasteiger partial charge on any atom is 0.229 e. The number of ketones is 1. The van der Waals surface area contributed by atoms with Crippen molar-refractivity contribution in [3.8, 4) is 11.4 Å². The first-order valence-electron chi connectivity index (χ1n) is 13.2. The normalized spacial score (nSPS) is 12.5. The topological polar surface area (TPSA) is 116 Å². The maximum atomic E-state index is 13.1. The Morgan fingerprint density at radius 3 is 2.56 bits per heavy atom. The largest absolute Gasteiger partial charge is 0.487 e. The number of pyridine rings is 1. The summed E-state index contributed by atoms with van der Waals surface area (Å²) in [5, 5.41) is 1.76. The van der Waals surface area contributed by atoms with Crippen molar-refractivity contribution >= 4 is 61.7 Å². The van der Waals surface area contributed by atoms with Gasteiger partial charge in [0.2, 0.25) is 10.0 Å². The Labute approximate surface area is 259 Å². The van der Waals surface area contributed by atoms with E-state index in [-0.39, 0.29) is 12.4 Å². The summed E-state index contributed by atoms with van der Waals surface area (Å²) in [7, 11) is -3.38. The Kier molecular flexibility index (Phi) is 8.89. The summed E-state index contributed by atoms with van der Waals surface area (Å²) in [5.41, 5.74) is 10.9. The van der Waals surface area contributed by atoms with E-state index in [2.05, 4.69) is 9.71 Å². The van der Waals surface area contributed by atoms with E-state index in [9.17, 15) is 13.2 Å². The van der Waals surface area contributed by atoms with Crippen LogP contribution in [0.15, 0.2) is 91.1 Å². The molecule has 0 aliphatic carbocycles. The fourth-order valence-corrected chi connectivity index (χ4v) is 5.69. The highest BCUT2D eigenvalue weighted by atomic mass is 35.5. The van der Waals surface area contributed by atoms with Crippen molar-refractivity contribution in [2.75, 3.05) is 11.0 Å². The Hall–Kier alpha value is -4.15. The van der Waals surface area contributed by atoms with Gasteiger partial charge in [-0.2, -0.15) is 0 Å². The molecule has 0 spiro atoms. The van der Waals surface area contributed by atoms with Crippen molar-refractivity contribution in [1.29, 1.82) is 0 Å². The number of carbonyl (C=O) groups excluding carboxylic acids is 1. The van der Waals surface area contributed by atoms with Crippen LogP contribution in [0.5, 0.6) is 5.75 Å². The summed E-state index contributed by atoms with van der Waals surface area (Å²) < 4.78 is 33.1. The van der Waals surface area contributed by atoms with E-state index in [1.165, 1.54) is 6.08 Å². The third-order valence-electron chi connectivity index (χ3n) is 6.68. The van der Waals surface area contributed by atoms with Crippen LogP contribution in [0.1, 0.15) is 28.6 Å². The lowest BCUT2D eigenvalue weighted by atomic mass is 10.1. The number of aryl methyl sites for hydroxylation is 1. The van der Waals surface area contributed by atoms with Gasteiger partial charge in [0.1, 0.15) is 23.9 Å². The van der Waals surface area contributed by atoms with Crippen LogP contribution in [0, 0.1) is 6.92 Å². The second-order valence-corrected chi connectivity index (χ2v) is 12.5. The Morgan fingerprint density at radius 1 is 1.05 bits per heavy atom. The minimum Gasteiger partial charge on any atom is -0.487 e. The molecule has 1 unspecified atom stereocenters. The number of nitrogens with two attached hydrogens (primary N) is 1. The molecule has 0 fully saturated rings. The molecular formula is C32H28Cl2N4O4S. The van der Waals surface area contributed by atoms with Crippen molar-refractivity contribution in [2.24, 2.45) is 5.73 Å². The van der Waals surface area contributed by atoms with E-state index in [1.807, 2.05) is 37.3 Å². The van der Waals surface area contributed by atoms with Crippen molar-refractivity contribution in [2.45, 2.75) is 19.6 Å². The van der Waals surface area contributed by atoms with Crippen LogP contribution in [-0.4, -0.2) is 30.0 Å². The highest BCUT2D eigenvalue weighted by Gasteiger charge is 2.21. The number of aromatic nitrogens is 2. The number of nitrogens with one attached hydrogen (secondary N) is 1. The van der Waals surface area contributed by atoms with Crippen LogP contribution < -0.4 is 15.2 Å². The summed E-state index contributed by atoms with van der Waals surface area (Å²) in [6.07, 6.45) is 5.86. The average molecular weight is 636 g/mol. The molecule has 8 nitrogen and oxygen atoms in total. The first-order chi connectivity index (χ1) is 20.5. The highest BCUT2D eigenvalue weighted by molar-refractivity contribution is 7.92. The average Bonchev–Trinajstić information content (AvgIpc) is 3.45. The Morgan fingerprint density at radius 2 is 1.81 bits per heavy atom. The summed E-state index contributed by atoms with van der Waals surface area (Å²) >= 11 is 13.4.